The molecule has 1 aliphatic heterocycles. The van der Waals surface area contributed by atoms with Crippen LogP contribution >= 0.6 is 11.3 Å². The molecule has 0 saturated carbocycles. The molecule has 0 aliphatic carbocycles. The number of thiophene rings is 1. The highest BCUT2D eigenvalue weighted by Crippen LogP contribution is 2.34. The van der Waals surface area contributed by atoms with Crippen molar-refractivity contribution in [3.8, 4) is 0 Å². The first-order chi connectivity index (χ1) is 14.0. The van der Waals surface area contributed by atoms with Crippen molar-refractivity contribution in [1.82, 2.24) is 9.91 Å². The Bertz CT molecular complexity index is 862. The fraction of sp³-hybridized carbons (Fsp3) is 0.409. The Balaban J connectivity index is 1.85. The van der Waals surface area contributed by atoms with Gasteiger partial charge in [0.05, 0.1) is 23.2 Å². The second kappa shape index (κ2) is 9.80. The molecular formula is C22H27N3O3S. The lowest BCUT2D eigenvalue weighted by Gasteiger charge is -2.26. The van der Waals surface area contributed by atoms with Gasteiger partial charge in [-0.2, -0.15) is 5.10 Å². The lowest BCUT2D eigenvalue weighted by Crippen LogP contribution is -2.42. The predicted octanol–water partition coefficient (Wildman–Crippen LogP) is 3.62. The van der Waals surface area contributed by atoms with Crippen LogP contribution in [0.15, 0.2) is 46.9 Å². The molecular weight excluding hydrogens is 386 g/mol. The maximum atomic E-state index is 13.2. The number of carbonyl (C=O) groups excluding carboxylic acids is 2. The van der Waals surface area contributed by atoms with Crippen LogP contribution in [-0.2, 0) is 14.3 Å². The highest BCUT2D eigenvalue weighted by molar-refractivity contribution is 7.12. The van der Waals surface area contributed by atoms with Gasteiger partial charge in [-0.25, -0.2) is 5.01 Å². The number of hydrazone groups is 1. The zero-order chi connectivity index (χ0) is 20.8. The van der Waals surface area contributed by atoms with Crippen LogP contribution in [0.2, 0.25) is 0 Å². The van der Waals surface area contributed by atoms with Gasteiger partial charge in [0.25, 0.3) is 5.91 Å². The van der Waals surface area contributed by atoms with Gasteiger partial charge >= 0.3 is 0 Å². The van der Waals surface area contributed by atoms with E-state index in [-0.39, 0.29) is 24.4 Å². The summed E-state index contributed by atoms with van der Waals surface area (Å²) in [6, 6.07) is 12.0. The normalized spacial score (nSPS) is 16.0. The van der Waals surface area contributed by atoms with E-state index in [0.717, 1.165) is 16.2 Å². The van der Waals surface area contributed by atoms with E-state index < -0.39 is 0 Å². The van der Waals surface area contributed by atoms with Gasteiger partial charge in [0.2, 0.25) is 5.91 Å². The predicted molar refractivity (Wildman–Crippen MR) is 115 cm³/mol. The van der Waals surface area contributed by atoms with Crippen molar-refractivity contribution in [3.63, 3.8) is 0 Å². The first-order valence-electron chi connectivity index (χ1n) is 9.80. The van der Waals surface area contributed by atoms with Gasteiger partial charge in [0.1, 0.15) is 6.54 Å². The summed E-state index contributed by atoms with van der Waals surface area (Å²) in [7, 11) is 1.59. The van der Waals surface area contributed by atoms with E-state index in [2.05, 4.69) is 5.10 Å². The van der Waals surface area contributed by atoms with E-state index in [1.165, 1.54) is 5.56 Å². The number of methoxy groups -OCH3 is 1. The zero-order valence-electron chi connectivity index (χ0n) is 17.1. The molecule has 0 bridgehead atoms. The summed E-state index contributed by atoms with van der Waals surface area (Å²) >= 11 is 1.62. The van der Waals surface area contributed by atoms with E-state index in [1.807, 2.05) is 48.7 Å². The number of nitrogens with zero attached hydrogens (tertiary/aromatic N) is 3. The monoisotopic (exact) mass is 413 g/mol. The van der Waals surface area contributed by atoms with Crippen LogP contribution in [0.5, 0.6) is 0 Å². The molecule has 6 nitrogen and oxygen atoms in total. The average molecular weight is 414 g/mol. The molecule has 2 aromatic rings. The van der Waals surface area contributed by atoms with Crippen LogP contribution in [-0.4, -0.2) is 54.2 Å². The number of rotatable bonds is 8. The van der Waals surface area contributed by atoms with E-state index in [0.29, 0.717) is 26.0 Å². The van der Waals surface area contributed by atoms with Crippen LogP contribution < -0.4 is 0 Å². The van der Waals surface area contributed by atoms with Crippen molar-refractivity contribution in [2.45, 2.75) is 32.7 Å². The number of ether oxygens (including phenoxy) is 1. The number of aryl methyl sites for hydroxylation is 1. The molecule has 7 heteroatoms. The first kappa shape index (κ1) is 21.2. The molecule has 1 aliphatic rings. The minimum absolute atomic E-state index is 0.000382. The maximum Gasteiger partial charge on any atom is 0.262 e. The summed E-state index contributed by atoms with van der Waals surface area (Å²) in [6.07, 6.45) is 1.01. The Kier molecular flexibility index (Phi) is 7.17. The summed E-state index contributed by atoms with van der Waals surface area (Å²) in [4.78, 5) is 28.1. The van der Waals surface area contributed by atoms with Crippen LogP contribution in [0.3, 0.4) is 0 Å². The largest absolute Gasteiger partial charge is 0.383 e. The van der Waals surface area contributed by atoms with Gasteiger partial charge in [-0.05, 0) is 23.9 Å². The van der Waals surface area contributed by atoms with Gasteiger partial charge in [-0.3, -0.25) is 9.59 Å². The van der Waals surface area contributed by atoms with Gasteiger partial charge in [0.15, 0.2) is 0 Å². The maximum absolute atomic E-state index is 13.2. The van der Waals surface area contributed by atoms with Crippen LogP contribution in [0.1, 0.15) is 41.8 Å². The average Bonchev–Trinajstić information content (AvgIpc) is 3.40. The third-order valence-corrected chi connectivity index (χ3v) is 5.90. The number of hydrogen-bond donors (Lipinski definition) is 0. The fourth-order valence-electron chi connectivity index (χ4n) is 3.33. The van der Waals surface area contributed by atoms with Crippen LogP contribution in [0.4, 0.5) is 0 Å². The lowest BCUT2D eigenvalue weighted by atomic mass is 10.00. The Morgan fingerprint density at radius 1 is 1.28 bits per heavy atom. The molecule has 1 atom stereocenters. The number of carbonyl (C=O) groups is 2. The molecule has 1 aromatic heterocycles. The highest BCUT2D eigenvalue weighted by atomic mass is 32.1. The summed E-state index contributed by atoms with van der Waals surface area (Å²) in [6.45, 7) is 4.62. The van der Waals surface area contributed by atoms with E-state index in [9.17, 15) is 9.59 Å². The Morgan fingerprint density at radius 3 is 2.66 bits per heavy atom. The fourth-order valence-corrected chi connectivity index (χ4v) is 4.05. The quantitative estimate of drug-likeness (QED) is 0.664. The molecule has 0 N–H and O–H groups in total. The van der Waals surface area contributed by atoms with E-state index >= 15 is 0 Å². The van der Waals surface area contributed by atoms with Crippen molar-refractivity contribution < 1.29 is 14.3 Å². The minimum Gasteiger partial charge on any atom is -0.383 e. The van der Waals surface area contributed by atoms with Crippen LogP contribution in [0, 0.1) is 6.92 Å². The molecule has 0 saturated heterocycles. The lowest BCUT2D eigenvalue weighted by molar-refractivity contribution is -0.141. The molecule has 29 heavy (non-hydrogen) atoms. The molecule has 3 rings (SSSR count). The van der Waals surface area contributed by atoms with Crippen molar-refractivity contribution in [2.75, 3.05) is 26.8 Å². The van der Waals surface area contributed by atoms with E-state index in [4.69, 9.17) is 4.74 Å². The number of benzene rings is 1. The SMILES string of the molecule is CCC(=O)N(CCOC)CC(=O)N1N=C(c2cccs2)C[C@H]1c1ccc(C)cc1. The molecule has 0 spiro atoms. The molecule has 2 amide bonds. The Hall–Kier alpha value is -2.51. The second-order valence-electron chi connectivity index (χ2n) is 7.05. The van der Waals surface area contributed by atoms with Gasteiger partial charge in [-0.1, -0.05) is 42.8 Å². The van der Waals surface area contributed by atoms with Gasteiger partial charge in [0, 0.05) is 26.5 Å². The molecule has 0 fully saturated rings. The Morgan fingerprint density at radius 2 is 2.03 bits per heavy atom. The molecule has 1 aromatic carbocycles. The third kappa shape index (κ3) is 5.10. The topological polar surface area (TPSA) is 62.2 Å². The summed E-state index contributed by atoms with van der Waals surface area (Å²) in [5, 5.41) is 8.24. The molecule has 0 radical (unpaired) electrons. The standard InChI is InChI=1S/C22H27N3O3S/c1-4-21(26)24(11-12-28-3)15-22(27)25-19(17-9-7-16(2)8-10-17)14-18(23-25)20-6-5-13-29-20/h5-10,13,19H,4,11-12,14-15H2,1-3H3/t19-/m0/s1. The van der Waals surface area contributed by atoms with Gasteiger partial charge in [-0.15, -0.1) is 11.3 Å². The second-order valence-corrected chi connectivity index (χ2v) is 8.00. The molecule has 154 valence electrons. The zero-order valence-corrected chi connectivity index (χ0v) is 17.9. The highest BCUT2D eigenvalue weighted by Gasteiger charge is 2.34. The smallest absolute Gasteiger partial charge is 0.262 e. The number of amides is 2. The van der Waals surface area contributed by atoms with Crippen molar-refractivity contribution in [3.05, 3.63) is 57.8 Å². The van der Waals surface area contributed by atoms with Crippen molar-refractivity contribution in [2.24, 2.45) is 5.10 Å². The first-order valence-corrected chi connectivity index (χ1v) is 10.7. The molecule has 0 unspecified atom stereocenters. The van der Waals surface area contributed by atoms with E-state index in [1.54, 1.807) is 35.3 Å². The number of hydrogen-bond acceptors (Lipinski definition) is 5. The van der Waals surface area contributed by atoms with Crippen molar-refractivity contribution >= 4 is 28.9 Å². The summed E-state index contributed by atoms with van der Waals surface area (Å²) in [5.41, 5.74) is 3.12. The van der Waals surface area contributed by atoms with Gasteiger partial charge < -0.3 is 9.64 Å². The molecule has 2 heterocycles. The van der Waals surface area contributed by atoms with Crippen molar-refractivity contribution in [1.29, 1.82) is 0 Å². The minimum atomic E-state index is -0.181. The summed E-state index contributed by atoms with van der Waals surface area (Å²) in [5.74, 6) is -0.246. The third-order valence-electron chi connectivity index (χ3n) is 4.98. The summed E-state index contributed by atoms with van der Waals surface area (Å²) < 4.78 is 5.10. The Labute approximate surface area is 175 Å². The van der Waals surface area contributed by atoms with Crippen LogP contribution in [0.25, 0.3) is 0 Å².